The highest BCUT2D eigenvalue weighted by Gasteiger charge is 2.13. The van der Waals surface area contributed by atoms with E-state index in [1.807, 2.05) is 76.2 Å². The molecule has 6 heteroatoms. The summed E-state index contributed by atoms with van der Waals surface area (Å²) in [6.07, 6.45) is 1.39. The van der Waals surface area contributed by atoms with Gasteiger partial charge in [0.15, 0.2) is 0 Å². The molecule has 1 heterocycles. The fourth-order valence-corrected chi connectivity index (χ4v) is 3.10. The number of hydrogen-bond donors (Lipinski definition) is 2. The van der Waals surface area contributed by atoms with E-state index in [0.717, 1.165) is 28.2 Å². The lowest BCUT2D eigenvalue weighted by Crippen LogP contribution is -2.16. The van der Waals surface area contributed by atoms with Crippen molar-refractivity contribution in [2.45, 2.75) is 20.8 Å². The van der Waals surface area contributed by atoms with E-state index in [1.54, 1.807) is 6.07 Å². The van der Waals surface area contributed by atoms with Crippen LogP contribution in [0.2, 0.25) is 0 Å². The second-order valence-corrected chi connectivity index (χ2v) is 7.08. The van der Waals surface area contributed by atoms with Gasteiger partial charge in [-0.05, 0) is 56.2 Å². The van der Waals surface area contributed by atoms with Crippen LogP contribution in [-0.4, -0.2) is 30.0 Å². The summed E-state index contributed by atoms with van der Waals surface area (Å²) >= 11 is 0. The van der Waals surface area contributed by atoms with Gasteiger partial charge in [-0.3, -0.25) is 4.79 Å². The summed E-state index contributed by atoms with van der Waals surface area (Å²) in [5.41, 5.74) is 6.35. The molecule has 3 aromatic rings. The van der Waals surface area contributed by atoms with E-state index in [4.69, 9.17) is 0 Å². The minimum atomic E-state index is -0.261. The number of carbonyl (C=O) groups excluding carboxylic acids is 1. The first-order chi connectivity index (χ1) is 13.3. The molecule has 6 nitrogen and oxygen atoms in total. The van der Waals surface area contributed by atoms with Gasteiger partial charge in [-0.15, -0.1) is 0 Å². The third-order valence-electron chi connectivity index (χ3n) is 4.47. The lowest BCUT2D eigenvalue weighted by Gasteiger charge is -2.14. The Kier molecular flexibility index (Phi) is 5.59. The van der Waals surface area contributed by atoms with Gasteiger partial charge in [0.05, 0.1) is 0 Å². The Balaban J connectivity index is 1.76. The van der Waals surface area contributed by atoms with E-state index in [1.165, 1.54) is 11.9 Å². The zero-order valence-corrected chi connectivity index (χ0v) is 16.9. The molecule has 0 bridgehead atoms. The zero-order valence-electron chi connectivity index (χ0n) is 16.9. The van der Waals surface area contributed by atoms with E-state index in [9.17, 15) is 4.79 Å². The SMILES string of the molecule is Cc1cc(C)c(NC(=O)c2cc(Nc3ccc(N(C)C)cc3)ncn2)c(C)c1. The van der Waals surface area contributed by atoms with Crippen molar-refractivity contribution in [3.05, 3.63) is 71.2 Å². The molecule has 0 radical (unpaired) electrons. The molecule has 0 aliphatic rings. The Bertz CT molecular complexity index is 973. The highest BCUT2D eigenvalue weighted by molar-refractivity contribution is 6.04. The number of nitrogens with zero attached hydrogens (tertiary/aromatic N) is 3. The standard InChI is InChI=1S/C22H25N5O/c1-14-10-15(2)21(16(3)11-14)26-22(28)19-12-20(24-13-23-19)25-17-6-8-18(9-7-17)27(4)5/h6-13H,1-5H3,(H,26,28)(H,23,24,25). The highest BCUT2D eigenvalue weighted by atomic mass is 16.1. The van der Waals surface area contributed by atoms with Gasteiger partial charge in [0.1, 0.15) is 17.8 Å². The van der Waals surface area contributed by atoms with Gasteiger partial charge >= 0.3 is 0 Å². The predicted molar refractivity (Wildman–Crippen MR) is 115 cm³/mol. The molecule has 144 valence electrons. The molecule has 1 amide bonds. The monoisotopic (exact) mass is 375 g/mol. The Morgan fingerprint density at radius 3 is 2.18 bits per heavy atom. The Morgan fingerprint density at radius 2 is 1.57 bits per heavy atom. The zero-order chi connectivity index (χ0) is 20.3. The number of carbonyl (C=O) groups is 1. The summed E-state index contributed by atoms with van der Waals surface area (Å²) in [6.45, 7) is 6.01. The number of aromatic nitrogens is 2. The summed E-state index contributed by atoms with van der Waals surface area (Å²) in [5, 5.41) is 6.18. The number of hydrogen-bond acceptors (Lipinski definition) is 5. The fourth-order valence-electron chi connectivity index (χ4n) is 3.10. The average molecular weight is 375 g/mol. The quantitative estimate of drug-likeness (QED) is 0.689. The minimum Gasteiger partial charge on any atom is -0.378 e. The highest BCUT2D eigenvalue weighted by Crippen LogP contribution is 2.23. The van der Waals surface area contributed by atoms with Crippen molar-refractivity contribution in [2.75, 3.05) is 29.6 Å². The molecule has 3 rings (SSSR count). The molecule has 2 N–H and O–H groups in total. The number of amides is 1. The molecule has 0 spiro atoms. The molecule has 28 heavy (non-hydrogen) atoms. The van der Waals surface area contributed by atoms with Crippen molar-refractivity contribution in [1.29, 1.82) is 0 Å². The van der Waals surface area contributed by atoms with Crippen molar-refractivity contribution >= 4 is 28.8 Å². The molecule has 0 unspecified atom stereocenters. The molecular formula is C22H25N5O. The summed E-state index contributed by atoms with van der Waals surface area (Å²) in [4.78, 5) is 23.1. The third-order valence-corrected chi connectivity index (χ3v) is 4.47. The lowest BCUT2D eigenvalue weighted by atomic mass is 10.0. The van der Waals surface area contributed by atoms with Crippen LogP contribution >= 0.6 is 0 Å². The van der Waals surface area contributed by atoms with Crippen molar-refractivity contribution in [3.8, 4) is 0 Å². The maximum absolute atomic E-state index is 12.7. The van der Waals surface area contributed by atoms with E-state index >= 15 is 0 Å². The smallest absolute Gasteiger partial charge is 0.274 e. The molecule has 0 fully saturated rings. The van der Waals surface area contributed by atoms with Crippen molar-refractivity contribution in [2.24, 2.45) is 0 Å². The topological polar surface area (TPSA) is 70.2 Å². The maximum atomic E-state index is 12.7. The molecule has 2 aromatic carbocycles. The second-order valence-electron chi connectivity index (χ2n) is 7.08. The van der Waals surface area contributed by atoms with Crippen LogP contribution in [0.3, 0.4) is 0 Å². The molecule has 0 atom stereocenters. The normalized spacial score (nSPS) is 10.5. The molecule has 0 aliphatic carbocycles. The number of anilines is 4. The van der Waals surface area contributed by atoms with Crippen molar-refractivity contribution < 1.29 is 4.79 Å². The molecule has 1 aromatic heterocycles. The van der Waals surface area contributed by atoms with Crippen LogP contribution in [0.25, 0.3) is 0 Å². The molecule has 0 aliphatic heterocycles. The van der Waals surface area contributed by atoms with E-state index in [0.29, 0.717) is 11.5 Å². The van der Waals surface area contributed by atoms with Gasteiger partial charge in [-0.2, -0.15) is 0 Å². The summed E-state index contributed by atoms with van der Waals surface area (Å²) in [5.74, 6) is 0.304. The van der Waals surface area contributed by atoms with Gasteiger partial charge in [0, 0.05) is 37.2 Å². The Morgan fingerprint density at radius 1 is 0.929 bits per heavy atom. The number of nitrogens with one attached hydrogen (secondary N) is 2. The molecule has 0 saturated heterocycles. The van der Waals surface area contributed by atoms with Crippen LogP contribution in [0.15, 0.2) is 48.8 Å². The van der Waals surface area contributed by atoms with Crippen LogP contribution in [0.4, 0.5) is 22.9 Å². The van der Waals surface area contributed by atoms with Crippen LogP contribution in [0, 0.1) is 20.8 Å². The van der Waals surface area contributed by atoms with Gasteiger partial charge in [-0.25, -0.2) is 9.97 Å². The first kappa shape index (κ1) is 19.4. The third kappa shape index (κ3) is 4.46. The van der Waals surface area contributed by atoms with Gasteiger partial charge in [-0.1, -0.05) is 17.7 Å². The van der Waals surface area contributed by atoms with Gasteiger partial charge in [0.25, 0.3) is 5.91 Å². The fraction of sp³-hybridized carbons (Fsp3) is 0.227. The largest absolute Gasteiger partial charge is 0.378 e. The number of aryl methyl sites for hydroxylation is 3. The van der Waals surface area contributed by atoms with Gasteiger partial charge in [0.2, 0.25) is 0 Å². The van der Waals surface area contributed by atoms with Crippen LogP contribution in [-0.2, 0) is 0 Å². The van der Waals surface area contributed by atoms with Crippen LogP contribution in [0.5, 0.6) is 0 Å². The summed E-state index contributed by atoms with van der Waals surface area (Å²) in [7, 11) is 3.99. The number of benzene rings is 2. The predicted octanol–water partition coefficient (Wildman–Crippen LogP) is 4.46. The van der Waals surface area contributed by atoms with E-state index in [-0.39, 0.29) is 5.91 Å². The lowest BCUT2D eigenvalue weighted by molar-refractivity contribution is 0.102. The average Bonchev–Trinajstić information content (AvgIpc) is 2.65. The Labute approximate surface area is 165 Å². The first-order valence-electron chi connectivity index (χ1n) is 9.09. The number of rotatable bonds is 5. The summed E-state index contributed by atoms with van der Waals surface area (Å²) in [6, 6.07) is 13.7. The molecule has 0 saturated carbocycles. The van der Waals surface area contributed by atoms with Crippen LogP contribution in [0.1, 0.15) is 27.2 Å². The first-order valence-corrected chi connectivity index (χ1v) is 9.09. The van der Waals surface area contributed by atoms with Gasteiger partial charge < -0.3 is 15.5 Å². The maximum Gasteiger partial charge on any atom is 0.274 e. The summed E-state index contributed by atoms with van der Waals surface area (Å²) < 4.78 is 0. The van der Waals surface area contributed by atoms with Crippen molar-refractivity contribution in [1.82, 2.24) is 9.97 Å². The van der Waals surface area contributed by atoms with Crippen molar-refractivity contribution in [3.63, 3.8) is 0 Å². The van der Waals surface area contributed by atoms with E-state index in [2.05, 4.69) is 20.6 Å². The minimum absolute atomic E-state index is 0.261. The second kappa shape index (κ2) is 8.08. The van der Waals surface area contributed by atoms with E-state index < -0.39 is 0 Å². The van der Waals surface area contributed by atoms with Crippen LogP contribution < -0.4 is 15.5 Å². The molecular weight excluding hydrogens is 350 g/mol. The Hall–Kier alpha value is -3.41.